The molecule has 1 fully saturated rings. The van der Waals surface area contributed by atoms with E-state index in [-0.39, 0.29) is 25.5 Å². The molecule has 8 nitrogen and oxygen atoms in total. The van der Waals surface area contributed by atoms with Gasteiger partial charge in [-0.3, -0.25) is 0 Å². The number of aliphatic hydroxyl groups excluding tert-OH is 1. The van der Waals surface area contributed by atoms with Crippen LogP contribution >= 0.6 is 11.6 Å². The van der Waals surface area contributed by atoms with Crippen molar-refractivity contribution in [3.05, 3.63) is 53.0 Å². The molecule has 1 aromatic heterocycles. The molecule has 186 valence electrons. The van der Waals surface area contributed by atoms with E-state index in [1.807, 2.05) is 30.1 Å². The average molecular weight is 505 g/mol. The van der Waals surface area contributed by atoms with Gasteiger partial charge in [0.1, 0.15) is 5.02 Å². The number of piperidine rings is 1. The third-order valence-electron chi connectivity index (χ3n) is 6.64. The van der Waals surface area contributed by atoms with Gasteiger partial charge in [-0.2, -0.15) is 4.98 Å². The van der Waals surface area contributed by atoms with Gasteiger partial charge in [0.15, 0.2) is 11.6 Å². The number of fused-ring (bicyclic) bond motifs is 2. The number of nitrogens with one attached hydrogen (secondary N) is 2. The highest BCUT2D eigenvalue weighted by molar-refractivity contribution is 6.32. The first-order chi connectivity index (χ1) is 16.8. The van der Waals surface area contributed by atoms with Crippen LogP contribution in [0, 0.1) is 5.92 Å². The summed E-state index contributed by atoms with van der Waals surface area (Å²) in [5.74, 6) is -2.71. The molecular formula is C24H27ClF2N6O2. The first-order valence-corrected chi connectivity index (χ1v) is 11.9. The number of alkyl halides is 2. The van der Waals surface area contributed by atoms with E-state index in [2.05, 4.69) is 27.2 Å². The van der Waals surface area contributed by atoms with E-state index >= 15 is 0 Å². The minimum absolute atomic E-state index is 0.0394. The molecule has 1 aromatic carbocycles. The van der Waals surface area contributed by atoms with E-state index in [9.17, 15) is 13.9 Å². The highest BCUT2D eigenvalue weighted by atomic mass is 35.5. The summed E-state index contributed by atoms with van der Waals surface area (Å²) in [7, 11) is 1.95. The van der Waals surface area contributed by atoms with E-state index in [1.54, 1.807) is 4.90 Å². The highest BCUT2D eigenvalue weighted by Gasteiger charge is 2.44. The Hall–Kier alpha value is -3.11. The van der Waals surface area contributed by atoms with Crippen molar-refractivity contribution >= 4 is 40.4 Å². The summed E-state index contributed by atoms with van der Waals surface area (Å²) in [5.41, 5.74) is 4.36. The number of aliphatic hydroxyl groups is 1. The van der Waals surface area contributed by atoms with E-state index in [0.29, 0.717) is 17.4 Å². The van der Waals surface area contributed by atoms with Crippen LogP contribution in [0.3, 0.4) is 0 Å². The predicted molar refractivity (Wildman–Crippen MR) is 132 cm³/mol. The predicted octanol–water partition coefficient (Wildman–Crippen LogP) is 3.97. The number of rotatable bonds is 4. The highest BCUT2D eigenvalue weighted by Crippen LogP contribution is 2.41. The summed E-state index contributed by atoms with van der Waals surface area (Å²) in [5, 5.41) is 16.4. The lowest BCUT2D eigenvalue weighted by molar-refractivity contribution is -0.0881. The number of likely N-dealkylation sites (N-methyl/N-ethyl adjacent to an activating group) is 1. The monoisotopic (exact) mass is 504 g/mol. The molecule has 3 aliphatic heterocycles. The van der Waals surface area contributed by atoms with E-state index in [4.69, 9.17) is 16.3 Å². The second kappa shape index (κ2) is 9.16. The topological polar surface area (TPSA) is 85.8 Å². The lowest BCUT2D eigenvalue weighted by Crippen LogP contribution is -2.49. The molecule has 2 aromatic rings. The summed E-state index contributed by atoms with van der Waals surface area (Å²) < 4.78 is 34.0. The number of hydrogen-bond acceptors (Lipinski definition) is 8. The lowest BCUT2D eigenvalue weighted by Gasteiger charge is -2.37. The fraction of sp³-hybridized carbons (Fsp3) is 0.417. The fourth-order valence-corrected chi connectivity index (χ4v) is 4.69. The van der Waals surface area contributed by atoms with Gasteiger partial charge in [-0.15, -0.1) is 0 Å². The van der Waals surface area contributed by atoms with Crippen molar-refractivity contribution in [2.45, 2.75) is 18.8 Å². The number of benzene rings is 1. The SMILES string of the molecule is C=C1C2=C(NCCCO2)c2cc(Nc3nc(N4CCC(F)(F)C(CO)C4)ncc3Cl)ccc2N1C. The summed E-state index contributed by atoms with van der Waals surface area (Å²) in [6, 6.07) is 5.87. The van der Waals surface area contributed by atoms with Crippen molar-refractivity contribution in [2.75, 3.05) is 55.0 Å². The molecule has 4 heterocycles. The number of nitrogens with zero attached hydrogens (tertiary/aromatic N) is 4. The Labute approximate surface area is 207 Å². The van der Waals surface area contributed by atoms with Crippen LogP contribution in [0.4, 0.5) is 31.9 Å². The van der Waals surface area contributed by atoms with Crippen molar-refractivity contribution in [3.63, 3.8) is 0 Å². The van der Waals surface area contributed by atoms with Crippen molar-refractivity contribution in [1.29, 1.82) is 0 Å². The van der Waals surface area contributed by atoms with Gasteiger partial charge >= 0.3 is 0 Å². The first kappa shape index (κ1) is 23.6. The standard InChI is InChI=1S/C24H27ClF2N6O2/c1-14-21-20(28-7-3-9-35-21)17-10-16(4-5-19(17)32(14)2)30-22-18(25)11-29-23(31-22)33-8-6-24(26,27)15(12-33)13-34/h4-5,10-11,15,28,34H,1,3,6-9,12-13H2,2H3,(H,29,30,31). The number of anilines is 4. The minimum atomic E-state index is -2.91. The molecule has 0 bridgehead atoms. The summed E-state index contributed by atoms with van der Waals surface area (Å²) in [4.78, 5) is 12.4. The van der Waals surface area contributed by atoms with Crippen LogP contribution in [0.1, 0.15) is 18.4 Å². The smallest absolute Gasteiger partial charge is 0.256 e. The summed E-state index contributed by atoms with van der Waals surface area (Å²) >= 11 is 6.38. The third kappa shape index (κ3) is 4.36. The second-order valence-corrected chi connectivity index (χ2v) is 9.31. The Balaban J connectivity index is 1.44. The number of hydrogen-bond donors (Lipinski definition) is 3. The Bertz CT molecular complexity index is 1190. The van der Waals surface area contributed by atoms with Gasteiger partial charge < -0.3 is 30.3 Å². The molecule has 0 spiro atoms. The lowest BCUT2D eigenvalue weighted by atomic mass is 9.94. The largest absolute Gasteiger partial charge is 0.489 e. The van der Waals surface area contributed by atoms with Crippen molar-refractivity contribution in [3.8, 4) is 0 Å². The Morgan fingerprint density at radius 2 is 2.23 bits per heavy atom. The van der Waals surface area contributed by atoms with Crippen molar-refractivity contribution < 1.29 is 18.6 Å². The molecule has 5 rings (SSSR count). The van der Waals surface area contributed by atoms with Crippen LogP contribution in [0.25, 0.3) is 5.70 Å². The van der Waals surface area contributed by atoms with Crippen LogP contribution in [-0.4, -0.2) is 60.9 Å². The molecule has 3 N–H and O–H groups in total. The van der Waals surface area contributed by atoms with Crippen LogP contribution in [0.2, 0.25) is 5.02 Å². The Morgan fingerprint density at radius 3 is 3.03 bits per heavy atom. The zero-order valence-corrected chi connectivity index (χ0v) is 20.1. The zero-order chi connectivity index (χ0) is 24.7. The van der Waals surface area contributed by atoms with Gasteiger partial charge in [-0.05, 0) is 24.6 Å². The molecule has 35 heavy (non-hydrogen) atoms. The van der Waals surface area contributed by atoms with Crippen LogP contribution in [0.5, 0.6) is 0 Å². The van der Waals surface area contributed by atoms with Gasteiger partial charge in [0.2, 0.25) is 5.95 Å². The van der Waals surface area contributed by atoms with Gasteiger partial charge in [0.05, 0.1) is 42.4 Å². The molecule has 1 unspecified atom stereocenters. The summed E-state index contributed by atoms with van der Waals surface area (Å²) in [6.07, 6.45) is 1.96. The van der Waals surface area contributed by atoms with Crippen LogP contribution in [-0.2, 0) is 4.74 Å². The fourth-order valence-electron chi connectivity index (χ4n) is 4.55. The molecule has 1 saturated heterocycles. The van der Waals surface area contributed by atoms with Gasteiger partial charge in [0, 0.05) is 44.4 Å². The maximum Gasteiger partial charge on any atom is 0.256 e. The Kier molecular flexibility index (Phi) is 6.18. The van der Waals surface area contributed by atoms with Crippen molar-refractivity contribution in [1.82, 2.24) is 15.3 Å². The number of aromatic nitrogens is 2. The maximum atomic E-state index is 14.0. The summed E-state index contributed by atoms with van der Waals surface area (Å²) in [6.45, 7) is 5.03. The van der Waals surface area contributed by atoms with E-state index in [1.165, 1.54) is 6.20 Å². The average Bonchev–Trinajstić information content (AvgIpc) is 3.10. The normalized spacial score (nSPS) is 21.5. The van der Waals surface area contributed by atoms with Crippen LogP contribution < -0.4 is 20.4 Å². The molecule has 0 amide bonds. The second-order valence-electron chi connectivity index (χ2n) is 8.90. The third-order valence-corrected chi connectivity index (χ3v) is 6.92. The minimum Gasteiger partial charge on any atom is -0.489 e. The molecule has 1 atom stereocenters. The molecule has 3 aliphatic rings. The van der Waals surface area contributed by atoms with Crippen LogP contribution in [0.15, 0.2) is 42.4 Å². The maximum absolute atomic E-state index is 14.0. The van der Waals surface area contributed by atoms with Crippen molar-refractivity contribution in [2.24, 2.45) is 5.92 Å². The zero-order valence-electron chi connectivity index (χ0n) is 19.3. The molecule has 0 saturated carbocycles. The molecule has 0 radical (unpaired) electrons. The van der Waals surface area contributed by atoms with E-state index in [0.717, 1.165) is 47.1 Å². The first-order valence-electron chi connectivity index (χ1n) is 11.5. The number of ether oxygens (including phenoxy) is 1. The quantitative estimate of drug-likeness (QED) is 0.577. The Morgan fingerprint density at radius 1 is 1.40 bits per heavy atom. The van der Waals surface area contributed by atoms with Gasteiger partial charge in [-0.1, -0.05) is 18.2 Å². The molecule has 0 aliphatic carbocycles. The molecular weight excluding hydrogens is 478 g/mol. The molecule has 11 heteroatoms. The number of halogens is 3. The van der Waals surface area contributed by atoms with Gasteiger partial charge in [-0.25, -0.2) is 13.8 Å². The van der Waals surface area contributed by atoms with E-state index < -0.39 is 18.4 Å². The van der Waals surface area contributed by atoms with Gasteiger partial charge in [0.25, 0.3) is 5.92 Å².